The quantitative estimate of drug-likeness (QED) is 0.746. The molecule has 0 N–H and O–H groups in total. The van der Waals surface area contributed by atoms with Crippen LogP contribution in [0.3, 0.4) is 0 Å². The van der Waals surface area contributed by atoms with Crippen molar-refractivity contribution in [1.29, 1.82) is 5.26 Å². The Balaban J connectivity index is 2.81. The number of ether oxygens (including phenoxy) is 1. The molecular weight excluding hydrogens is 193 g/mol. The topological polar surface area (TPSA) is 33.0 Å². The van der Waals surface area contributed by atoms with Gasteiger partial charge in [-0.3, -0.25) is 0 Å². The van der Waals surface area contributed by atoms with Crippen molar-refractivity contribution in [2.45, 2.75) is 33.0 Å². The summed E-state index contributed by atoms with van der Waals surface area (Å²) in [5, 5.41) is 8.67. The van der Waals surface area contributed by atoms with Crippen molar-refractivity contribution in [2.24, 2.45) is 0 Å². The molecule has 0 amide bonds. The minimum Gasteiger partial charge on any atom is -0.371 e. The van der Waals surface area contributed by atoms with E-state index in [1.54, 1.807) is 0 Å². The minimum atomic E-state index is -0.335. The van der Waals surface area contributed by atoms with Gasteiger partial charge in [0.1, 0.15) is 5.82 Å². The van der Waals surface area contributed by atoms with Gasteiger partial charge < -0.3 is 4.74 Å². The Morgan fingerprint density at radius 3 is 2.60 bits per heavy atom. The van der Waals surface area contributed by atoms with E-state index in [1.807, 2.05) is 26.8 Å². The van der Waals surface area contributed by atoms with Crippen LogP contribution in [0.1, 0.15) is 31.9 Å². The standard InChI is InChI=1S/C12H14FNO/c1-12(2,3)15-8-10-6-9(7-14)4-5-11(10)13/h4-6H,8H2,1-3H3. The van der Waals surface area contributed by atoms with E-state index in [-0.39, 0.29) is 18.0 Å². The molecule has 80 valence electrons. The number of hydrogen-bond acceptors (Lipinski definition) is 2. The smallest absolute Gasteiger partial charge is 0.128 e. The predicted octanol–water partition coefficient (Wildman–Crippen LogP) is 3.01. The summed E-state index contributed by atoms with van der Waals surface area (Å²) in [6.07, 6.45) is 0. The van der Waals surface area contributed by atoms with Gasteiger partial charge in [-0.1, -0.05) is 0 Å². The molecule has 0 aliphatic carbocycles. The maximum absolute atomic E-state index is 13.3. The van der Waals surface area contributed by atoms with Crippen molar-refractivity contribution in [3.63, 3.8) is 0 Å². The van der Waals surface area contributed by atoms with Crippen molar-refractivity contribution >= 4 is 0 Å². The first-order valence-electron chi connectivity index (χ1n) is 4.75. The summed E-state index contributed by atoms with van der Waals surface area (Å²) in [7, 11) is 0. The van der Waals surface area contributed by atoms with Gasteiger partial charge in [0, 0.05) is 5.56 Å². The molecule has 0 bridgehead atoms. The Labute approximate surface area is 89.3 Å². The Kier molecular flexibility index (Phi) is 3.43. The first-order valence-corrected chi connectivity index (χ1v) is 4.75. The second-order valence-corrected chi connectivity index (χ2v) is 4.32. The third-order valence-corrected chi connectivity index (χ3v) is 1.84. The fourth-order valence-electron chi connectivity index (χ4n) is 1.05. The van der Waals surface area contributed by atoms with Crippen LogP contribution in [0.5, 0.6) is 0 Å². The third kappa shape index (κ3) is 3.69. The van der Waals surface area contributed by atoms with Crippen LogP contribution in [0.4, 0.5) is 4.39 Å². The van der Waals surface area contributed by atoms with Gasteiger partial charge in [-0.05, 0) is 39.0 Å². The molecule has 0 saturated heterocycles. The average molecular weight is 207 g/mol. The molecule has 0 radical (unpaired) electrons. The summed E-state index contributed by atoms with van der Waals surface area (Å²) >= 11 is 0. The normalized spacial score (nSPS) is 11.1. The van der Waals surface area contributed by atoms with E-state index in [0.29, 0.717) is 11.1 Å². The molecule has 1 rings (SSSR count). The van der Waals surface area contributed by atoms with E-state index in [4.69, 9.17) is 10.00 Å². The first kappa shape index (κ1) is 11.7. The third-order valence-electron chi connectivity index (χ3n) is 1.84. The molecule has 15 heavy (non-hydrogen) atoms. The molecule has 0 aliphatic rings. The number of rotatable bonds is 2. The molecule has 0 atom stereocenters. The van der Waals surface area contributed by atoms with Crippen LogP contribution >= 0.6 is 0 Å². The van der Waals surface area contributed by atoms with Crippen LogP contribution in [0.2, 0.25) is 0 Å². The van der Waals surface area contributed by atoms with Crippen molar-refractivity contribution in [3.05, 3.63) is 35.1 Å². The lowest BCUT2D eigenvalue weighted by atomic mass is 10.1. The molecule has 1 aromatic carbocycles. The fraction of sp³-hybridized carbons (Fsp3) is 0.417. The summed E-state index contributed by atoms with van der Waals surface area (Å²) in [5.74, 6) is -0.335. The Bertz CT molecular complexity index is 388. The van der Waals surface area contributed by atoms with Gasteiger partial charge in [0.05, 0.1) is 23.8 Å². The van der Waals surface area contributed by atoms with Crippen molar-refractivity contribution in [1.82, 2.24) is 0 Å². The summed E-state index contributed by atoms with van der Waals surface area (Å²) in [6, 6.07) is 6.23. The van der Waals surface area contributed by atoms with E-state index in [2.05, 4.69) is 0 Å². The molecule has 1 aromatic rings. The van der Waals surface area contributed by atoms with Crippen LogP contribution < -0.4 is 0 Å². The maximum Gasteiger partial charge on any atom is 0.128 e. The lowest BCUT2D eigenvalue weighted by Crippen LogP contribution is -2.19. The zero-order valence-corrected chi connectivity index (χ0v) is 9.17. The van der Waals surface area contributed by atoms with Crippen LogP contribution in [0.15, 0.2) is 18.2 Å². The largest absolute Gasteiger partial charge is 0.371 e. The number of nitrogens with zero attached hydrogens (tertiary/aromatic N) is 1. The highest BCUT2D eigenvalue weighted by molar-refractivity contribution is 5.33. The van der Waals surface area contributed by atoms with E-state index in [9.17, 15) is 4.39 Å². The molecule has 0 unspecified atom stereocenters. The summed E-state index contributed by atoms with van der Waals surface area (Å²) in [5.41, 5.74) is 0.558. The van der Waals surface area contributed by atoms with E-state index < -0.39 is 0 Å². The van der Waals surface area contributed by atoms with Crippen molar-refractivity contribution in [2.75, 3.05) is 0 Å². The Morgan fingerprint density at radius 2 is 2.07 bits per heavy atom. The van der Waals surface area contributed by atoms with Gasteiger partial charge in [-0.2, -0.15) is 5.26 Å². The van der Waals surface area contributed by atoms with Gasteiger partial charge in [0.2, 0.25) is 0 Å². The summed E-state index contributed by atoms with van der Waals surface area (Å²) in [4.78, 5) is 0. The predicted molar refractivity (Wildman–Crippen MR) is 55.7 cm³/mol. The molecule has 0 aliphatic heterocycles. The number of benzene rings is 1. The lowest BCUT2D eigenvalue weighted by molar-refractivity contribution is -0.0161. The fourth-order valence-corrected chi connectivity index (χ4v) is 1.05. The van der Waals surface area contributed by atoms with Crippen LogP contribution in [-0.2, 0) is 11.3 Å². The lowest BCUT2D eigenvalue weighted by Gasteiger charge is -2.19. The SMILES string of the molecule is CC(C)(C)OCc1cc(C#N)ccc1F. The van der Waals surface area contributed by atoms with Gasteiger partial charge in [-0.25, -0.2) is 4.39 Å². The highest BCUT2D eigenvalue weighted by atomic mass is 19.1. The highest BCUT2D eigenvalue weighted by Gasteiger charge is 2.12. The van der Waals surface area contributed by atoms with Crippen molar-refractivity contribution in [3.8, 4) is 6.07 Å². The molecule has 0 spiro atoms. The zero-order valence-electron chi connectivity index (χ0n) is 9.17. The monoisotopic (exact) mass is 207 g/mol. The second-order valence-electron chi connectivity index (χ2n) is 4.32. The van der Waals surface area contributed by atoms with Crippen molar-refractivity contribution < 1.29 is 9.13 Å². The molecule has 3 heteroatoms. The minimum absolute atomic E-state index is 0.185. The molecular formula is C12H14FNO. The van der Waals surface area contributed by atoms with Gasteiger partial charge in [-0.15, -0.1) is 0 Å². The summed E-state index contributed by atoms with van der Waals surface area (Å²) < 4.78 is 18.7. The zero-order chi connectivity index (χ0) is 11.5. The van der Waals surface area contributed by atoms with E-state index in [1.165, 1.54) is 18.2 Å². The average Bonchev–Trinajstić information content (AvgIpc) is 2.15. The van der Waals surface area contributed by atoms with Gasteiger partial charge in [0.15, 0.2) is 0 Å². The first-order chi connectivity index (χ1) is 6.92. The number of hydrogen-bond donors (Lipinski definition) is 0. The van der Waals surface area contributed by atoms with Gasteiger partial charge in [0.25, 0.3) is 0 Å². The molecule has 0 aromatic heterocycles. The Hall–Kier alpha value is -1.40. The second kappa shape index (κ2) is 4.41. The van der Waals surface area contributed by atoms with Crippen LogP contribution in [-0.4, -0.2) is 5.60 Å². The van der Waals surface area contributed by atoms with Gasteiger partial charge >= 0.3 is 0 Å². The number of halogens is 1. The van der Waals surface area contributed by atoms with E-state index >= 15 is 0 Å². The number of nitriles is 1. The summed E-state index contributed by atoms with van der Waals surface area (Å²) in [6.45, 7) is 5.89. The molecule has 0 fully saturated rings. The molecule has 0 heterocycles. The highest BCUT2D eigenvalue weighted by Crippen LogP contribution is 2.15. The van der Waals surface area contributed by atoms with Crippen LogP contribution in [0.25, 0.3) is 0 Å². The van der Waals surface area contributed by atoms with E-state index in [0.717, 1.165) is 0 Å². The maximum atomic E-state index is 13.3. The molecule has 2 nitrogen and oxygen atoms in total. The van der Waals surface area contributed by atoms with Crippen LogP contribution in [0, 0.1) is 17.1 Å². The molecule has 0 saturated carbocycles. The Morgan fingerprint density at radius 1 is 1.40 bits per heavy atom.